The van der Waals surface area contributed by atoms with Crippen molar-refractivity contribution in [1.82, 2.24) is 21.0 Å². The first-order valence-corrected chi connectivity index (χ1v) is 17.0. The summed E-state index contributed by atoms with van der Waals surface area (Å²) >= 11 is 0. The van der Waals surface area contributed by atoms with Gasteiger partial charge in [0.15, 0.2) is 5.03 Å². The molecular formula is C31H56BN7O6. The number of piperidine rings is 1. The van der Waals surface area contributed by atoms with Gasteiger partial charge in [-0.05, 0) is 114 Å². The Morgan fingerprint density at radius 3 is 2.51 bits per heavy atom. The molecule has 3 aliphatic carbocycles. The van der Waals surface area contributed by atoms with Gasteiger partial charge in [-0.15, -0.1) is 0 Å². The van der Waals surface area contributed by atoms with Crippen LogP contribution in [0.25, 0.3) is 0 Å². The van der Waals surface area contributed by atoms with Crippen molar-refractivity contribution in [3.8, 4) is 0 Å². The highest BCUT2D eigenvalue weighted by Crippen LogP contribution is 2.65. The SMILES string of the molecule is CC(C)C[C@H](NC(=O)[C@H](CCCN=C(N)N[N+](=O)[O-])NC(=O)CCCC1CCN(C)CC1)B1O[C@@H]2C[C@H]3C[C@H](C3(C)C)[C@]2(C)O1. The zero-order valence-corrected chi connectivity index (χ0v) is 28.2. The van der Waals surface area contributed by atoms with Crippen LogP contribution in [-0.2, 0) is 18.9 Å². The van der Waals surface area contributed by atoms with Gasteiger partial charge in [0.1, 0.15) is 6.04 Å². The standard InChI is InChI=1S/C31H56BN7O6/c1-20(2)17-26(32-44-25-19-22-18-24(30(22,3)4)31(25,5)45-32)36-28(41)23(10-8-14-34-29(33)37-39(42)43)35-27(40)11-7-9-21-12-15-38(6)16-13-21/h20-26H,7-19H2,1-6H3,(H,35,40)(H,36,41)(H3,33,34,37)/t22-,23+,24-,25-,26+,31+/m1/s1. The molecule has 5 fully saturated rings. The van der Waals surface area contributed by atoms with Gasteiger partial charge in [-0.25, -0.2) is 15.1 Å². The summed E-state index contributed by atoms with van der Waals surface area (Å²) in [5.41, 5.74) is 7.19. The number of aliphatic imine (C=N–C) groups is 1. The Labute approximate surface area is 268 Å². The Morgan fingerprint density at radius 1 is 1.16 bits per heavy atom. The minimum Gasteiger partial charge on any atom is -0.404 e. The topological polar surface area (TPSA) is 173 Å². The van der Waals surface area contributed by atoms with Crippen molar-refractivity contribution in [2.45, 2.75) is 123 Å². The van der Waals surface area contributed by atoms with E-state index < -0.39 is 18.2 Å². The summed E-state index contributed by atoms with van der Waals surface area (Å²) in [7, 11) is 1.57. The van der Waals surface area contributed by atoms with Crippen LogP contribution in [0, 0.1) is 39.2 Å². The van der Waals surface area contributed by atoms with E-state index in [-0.39, 0.29) is 53.3 Å². The number of hydrogen-bond acceptors (Lipinski definition) is 8. The first-order chi connectivity index (χ1) is 21.2. The maximum absolute atomic E-state index is 13.8. The Bertz CT molecular complexity index is 1080. The molecule has 0 spiro atoms. The number of hydrazine groups is 1. The van der Waals surface area contributed by atoms with E-state index in [0.717, 1.165) is 51.6 Å². The minimum atomic E-state index is -0.790. The molecule has 254 valence electrons. The van der Waals surface area contributed by atoms with Gasteiger partial charge >= 0.3 is 7.12 Å². The van der Waals surface area contributed by atoms with E-state index in [4.69, 9.17) is 15.0 Å². The van der Waals surface area contributed by atoms with E-state index in [1.807, 2.05) is 5.43 Å². The number of nitrogens with zero attached hydrogens (tertiary/aromatic N) is 3. The molecule has 2 aliphatic heterocycles. The number of rotatable bonds is 15. The molecule has 5 rings (SSSR count). The molecule has 14 heteroatoms. The second-order valence-electron chi connectivity index (χ2n) is 15.1. The number of amides is 2. The number of carbonyl (C=O) groups is 2. The van der Waals surface area contributed by atoms with Gasteiger partial charge in [0, 0.05) is 13.0 Å². The molecule has 0 aromatic carbocycles. The second kappa shape index (κ2) is 15.0. The zero-order chi connectivity index (χ0) is 32.9. The molecule has 0 radical (unpaired) electrons. The number of carbonyl (C=O) groups excluding carboxylic acids is 2. The fourth-order valence-corrected chi connectivity index (χ4v) is 8.16. The van der Waals surface area contributed by atoms with Crippen LogP contribution in [0.5, 0.6) is 0 Å². The van der Waals surface area contributed by atoms with Crippen LogP contribution in [0.4, 0.5) is 0 Å². The van der Waals surface area contributed by atoms with E-state index >= 15 is 0 Å². The van der Waals surface area contributed by atoms with E-state index in [1.54, 1.807) is 0 Å². The van der Waals surface area contributed by atoms with Gasteiger partial charge < -0.3 is 30.6 Å². The summed E-state index contributed by atoms with van der Waals surface area (Å²) in [6.45, 7) is 13.4. The van der Waals surface area contributed by atoms with Crippen molar-refractivity contribution >= 4 is 24.9 Å². The summed E-state index contributed by atoms with van der Waals surface area (Å²) < 4.78 is 13.3. The van der Waals surface area contributed by atoms with Crippen molar-refractivity contribution in [2.75, 3.05) is 26.7 Å². The molecule has 13 nitrogen and oxygen atoms in total. The summed E-state index contributed by atoms with van der Waals surface area (Å²) in [4.78, 5) is 43.8. The third kappa shape index (κ3) is 8.88. The average molecular weight is 634 g/mol. The average Bonchev–Trinajstić information content (AvgIpc) is 3.32. The first kappa shape index (κ1) is 35.4. The van der Waals surface area contributed by atoms with Crippen molar-refractivity contribution in [2.24, 2.45) is 39.8 Å². The Morgan fingerprint density at radius 2 is 1.87 bits per heavy atom. The fraction of sp³-hybridized carbons (Fsp3) is 0.903. The molecule has 0 aromatic heterocycles. The third-order valence-corrected chi connectivity index (χ3v) is 11.0. The van der Waals surface area contributed by atoms with Crippen molar-refractivity contribution in [3.05, 3.63) is 10.1 Å². The van der Waals surface area contributed by atoms with Gasteiger partial charge in [0.2, 0.25) is 11.8 Å². The normalized spacial score (nSPS) is 29.4. The largest absolute Gasteiger partial charge is 0.481 e. The number of guanidine groups is 1. The van der Waals surface area contributed by atoms with Crippen LogP contribution in [-0.4, -0.2) is 85.2 Å². The molecular weight excluding hydrogens is 577 g/mol. The minimum absolute atomic E-state index is 0.00185. The fourth-order valence-electron chi connectivity index (χ4n) is 8.16. The van der Waals surface area contributed by atoms with E-state index in [1.165, 1.54) is 0 Å². The van der Waals surface area contributed by atoms with Crippen LogP contribution < -0.4 is 21.8 Å². The Kier molecular flexibility index (Phi) is 11.8. The smallest absolute Gasteiger partial charge is 0.404 e. The second-order valence-corrected chi connectivity index (χ2v) is 15.1. The van der Waals surface area contributed by atoms with Gasteiger partial charge in [-0.1, -0.05) is 33.1 Å². The molecule has 2 bridgehead atoms. The van der Waals surface area contributed by atoms with Crippen molar-refractivity contribution in [3.63, 3.8) is 0 Å². The molecule has 3 saturated carbocycles. The lowest BCUT2D eigenvalue weighted by molar-refractivity contribution is -0.525. The summed E-state index contributed by atoms with van der Waals surface area (Å²) in [5, 5.41) is 16.0. The number of nitrogens with one attached hydrogen (secondary N) is 3. The van der Waals surface area contributed by atoms with E-state index in [2.05, 4.69) is 62.2 Å². The summed E-state index contributed by atoms with van der Waals surface area (Å²) in [6.07, 6.45) is 7.93. The van der Waals surface area contributed by atoms with Gasteiger partial charge in [-0.2, -0.15) is 0 Å². The highest BCUT2D eigenvalue weighted by Gasteiger charge is 2.68. The highest BCUT2D eigenvalue weighted by molar-refractivity contribution is 6.48. The molecule has 5 N–H and O–H groups in total. The van der Waals surface area contributed by atoms with E-state index in [0.29, 0.717) is 43.4 Å². The Balaban J connectivity index is 1.38. The van der Waals surface area contributed by atoms with Crippen LogP contribution in [0.3, 0.4) is 0 Å². The predicted molar refractivity (Wildman–Crippen MR) is 173 cm³/mol. The molecule has 6 atom stereocenters. The maximum Gasteiger partial charge on any atom is 0.481 e. The van der Waals surface area contributed by atoms with Gasteiger partial charge in [-0.3, -0.25) is 9.59 Å². The number of nitro groups is 1. The molecule has 0 unspecified atom stereocenters. The lowest BCUT2D eigenvalue weighted by Gasteiger charge is -2.64. The summed E-state index contributed by atoms with van der Waals surface area (Å²) in [6, 6.07) is -0.790. The predicted octanol–water partition coefficient (Wildman–Crippen LogP) is 2.66. The molecule has 0 aromatic rings. The van der Waals surface area contributed by atoms with E-state index in [9.17, 15) is 19.7 Å². The molecule has 2 saturated heterocycles. The van der Waals surface area contributed by atoms with Crippen molar-refractivity contribution < 1.29 is 23.9 Å². The molecule has 2 heterocycles. The first-order valence-electron chi connectivity index (χ1n) is 17.0. The lowest BCUT2D eigenvalue weighted by atomic mass is 9.43. The lowest BCUT2D eigenvalue weighted by Crippen LogP contribution is -2.65. The number of likely N-dealkylation sites (tertiary alicyclic amines) is 1. The van der Waals surface area contributed by atoms with Gasteiger partial charge in [0.05, 0.1) is 17.6 Å². The number of nitrogens with two attached hydrogens (primary N) is 1. The zero-order valence-electron chi connectivity index (χ0n) is 28.2. The van der Waals surface area contributed by atoms with Crippen molar-refractivity contribution in [1.29, 1.82) is 0 Å². The molecule has 5 aliphatic rings. The number of hydrogen-bond donors (Lipinski definition) is 4. The monoisotopic (exact) mass is 633 g/mol. The van der Waals surface area contributed by atoms with Crippen LogP contribution >= 0.6 is 0 Å². The van der Waals surface area contributed by atoms with Crippen LogP contribution in [0.1, 0.15) is 98.8 Å². The summed E-state index contributed by atoms with van der Waals surface area (Å²) in [5.74, 6) is 0.823. The van der Waals surface area contributed by atoms with Gasteiger partial charge in [0.25, 0.3) is 5.96 Å². The third-order valence-electron chi connectivity index (χ3n) is 11.0. The highest BCUT2D eigenvalue weighted by atomic mass is 16.7. The van der Waals surface area contributed by atoms with Crippen LogP contribution in [0.15, 0.2) is 4.99 Å². The quantitative estimate of drug-likeness (QED) is 0.0528. The molecule has 45 heavy (non-hydrogen) atoms. The maximum atomic E-state index is 13.8. The Hall–Kier alpha value is -2.45. The van der Waals surface area contributed by atoms with Crippen LogP contribution in [0.2, 0.25) is 0 Å². The molecule has 2 amide bonds.